The molecule has 4 rings (SSSR count). The molecule has 3 saturated carbocycles. The molecule has 0 N–H and O–H groups in total. The number of aryl methyl sites for hydroxylation is 1. The van der Waals surface area contributed by atoms with Gasteiger partial charge in [0.15, 0.2) is 5.78 Å². The second-order valence-corrected chi connectivity index (χ2v) is 6.72. The van der Waals surface area contributed by atoms with Gasteiger partial charge in [0.1, 0.15) is 0 Å². The Kier molecular flexibility index (Phi) is 2.30. The van der Waals surface area contributed by atoms with E-state index in [1.807, 2.05) is 12.1 Å². The molecule has 1 nitrogen and oxygen atoms in total. The molecule has 0 spiro atoms. The van der Waals surface area contributed by atoms with Crippen molar-refractivity contribution in [3.8, 4) is 0 Å². The van der Waals surface area contributed by atoms with Crippen LogP contribution in [0.25, 0.3) is 5.57 Å². The topological polar surface area (TPSA) is 17.1 Å². The van der Waals surface area contributed by atoms with Crippen LogP contribution < -0.4 is 0 Å². The van der Waals surface area contributed by atoms with Gasteiger partial charge in [0.05, 0.1) is 0 Å². The number of carbonyl (C=O) groups is 1. The van der Waals surface area contributed by atoms with Crippen LogP contribution in [-0.4, -0.2) is 5.78 Å². The van der Waals surface area contributed by atoms with E-state index in [0.717, 1.165) is 23.0 Å². The highest BCUT2D eigenvalue weighted by molar-refractivity contribution is 6.22. The standard InChI is InChI=1S/C18H20O/c1-10-3-5-12(6-4-10)11(2)18(19)17-15-13-7-8-14(9-13)16(15)17/h3-6,13-17H,2,7-9H2,1H3. The van der Waals surface area contributed by atoms with Gasteiger partial charge < -0.3 is 0 Å². The van der Waals surface area contributed by atoms with Crippen LogP contribution in [0.4, 0.5) is 0 Å². The smallest absolute Gasteiger partial charge is 0.166 e. The Bertz CT molecular complexity index is 538. The maximum atomic E-state index is 12.6. The molecule has 0 saturated heterocycles. The van der Waals surface area contributed by atoms with Gasteiger partial charge in [0.25, 0.3) is 0 Å². The van der Waals surface area contributed by atoms with E-state index in [1.165, 1.54) is 24.8 Å². The molecule has 3 aliphatic rings. The number of fused-ring (bicyclic) bond motifs is 5. The molecule has 0 heterocycles. The van der Waals surface area contributed by atoms with Gasteiger partial charge in [-0.15, -0.1) is 0 Å². The molecule has 98 valence electrons. The van der Waals surface area contributed by atoms with E-state index in [0.29, 0.717) is 23.5 Å². The predicted molar refractivity (Wildman–Crippen MR) is 76.5 cm³/mol. The van der Waals surface area contributed by atoms with Crippen molar-refractivity contribution in [2.45, 2.75) is 26.2 Å². The molecule has 0 radical (unpaired) electrons. The Balaban J connectivity index is 1.53. The molecule has 0 aromatic heterocycles. The minimum Gasteiger partial charge on any atom is -0.294 e. The summed E-state index contributed by atoms with van der Waals surface area (Å²) in [5.41, 5.74) is 2.97. The Morgan fingerprint density at radius 2 is 1.68 bits per heavy atom. The van der Waals surface area contributed by atoms with Crippen LogP contribution >= 0.6 is 0 Å². The fourth-order valence-electron chi connectivity index (χ4n) is 4.77. The molecular weight excluding hydrogens is 232 g/mol. The van der Waals surface area contributed by atoms with E-state index >= 15 is 0 Å². The van der Waals surface area contributed by atoms with Crippen molar-refractivity contribution < 1.29 is 4.79 Å². The quantitative estimate of drug-likeness (QED) is 0.746. The number of allylic oxidation sites excluding steroid dienone is 1. The summed E-state index contributed by atoms with van der Waals surface area (Å²) in [5.74, 6) is 3.79. The SMILES string of the molecule is C=C(C(=O)C1C2C3CCC(C3)C12)c1ccc(C)cc1. The maximum Gasteiger partial charge on any atom is 0.166 e. The molecular formula is C18H20O. The Morgan fingerprint density at radius 3 is 2.26 bits per heavy atom. The lowest BCUT2D eigenvalue weighted by Gasteiger charge is -2.10. The Morgan fingerprint density at radius 1 is 1.11 bits per heavy atom. The lowest BCUT2D eigenvalue weighted by molar-refractivity contribution is -0.115. The first kappa shape index (κ1) is 11.5. The fourth-order valence-corrected chi connectivity index (χ4v) is 4.77. The number of ketones is 1. The first-order valence-electron chi connectivity index (χ1n) is 7.47. The number of Topliss-reactive ketones (excluding diaryl/α,β-unsaturated/α-hetero) is 1. The van der Waals surface area contributed by atoms with E-state index in [-0.39, 0.29) is 0 Å². The van der Waals surface area contributed by atoms with Crippen LogP contribution in [0.2, 0.25) is 0 Å². The van der Waals surface area contributed by atoms with Gasteiger partial charge in [-0.25, -0.2) is 0 Å². The Hall–Kier alpha value is -1.37. The van der Waals surface area contributed by atoms with Crippen molar-refractivity contribution in [2.75, 3.05) is 0 Å². The number of carbonyl (C=O) groups excluding carboxylic acids is 1. The fraction of sp³-hybridized carbons (Fsp3) is 0.500. The molecule has 1 aromatic carbocycles. The van der Waals surface area contributed by atoms with Crippen LogP contribution in [-0.2, 0) is 4.79 Å². The van der Waals surface area contributed by atoms with Crippen molar-refractivity contribution in [3.63, 3.8) is 0 Å². The number of hydrogen-bond donors (Lipinski definition) is 0. The van der Waals surface area contributed by atoms with Crippen LogP contribution in [0.5, 0.6) is 0 Å². The van der Waals surface area contributed by atoms with Crippen molar-refractivity contribution in [3.05, 3.63) is 42.0 Å². The number of benzene rings is 1. The molecule has 3 fully saturated rings. The third-order valence-electron chi connectivity index (χ3n) is 5.74. The molecule has 2 bridgehead atoms. The third kappa shape index (κ3) is 1.57. The normalized spacial score (nSPS) is 38.1. The number of hydrogen-bond acceptors (Lipinski definition) is 1. The van der Waals surface area contributed by atoms with Gasteiger partial charge in [-0.05, 0) is 55.4 Å². The van der Waals surface area contributed by atoms with Crippen LogP contribution in [0.3, 0.4) is 0 Å². The minimum atomic E-state index is 0.319. The third-order valence-corrected chi connectivity index (χ3v) is 5.74. The largest absolute Gasteiger partial charge is 0.294 e. The van der Waals surface area contributed by atoms with Gasteiger partial charge in [0, 0.05) is 11.5 Å². The second kappa shape index (κ2) is 3.82. The van der Waals surface area contributed by atoms with Gasteiger partial charge >= 0.3 is 0 Å². The summed E-state index contributed by atoms with van der Waals surface area (Å²) in [7, 11) is 0. The summed E-state index contributed by atoms with van der Waals surface area (Å²) in [4.78, 5) is 12.6. The van der Waals surface area contributed by atoms with Gasteiger partial charge in [-0.2, -0.15) is 0 Å². The number of rotatable bonds is 3. The zero-order chi connectivity index (χ0) is 13.1. The summed E-state index contributed by atoms with van der Waals surface area (Å²) in [6.07, 6.45) is 4.13. The first-order chi connectivity index (χ1) is 9.16. The summed E-state index contributed by atoms with van der Waals surface area (Å²) in [5, 5.41) is 0. The maximum absolute atomic E-state index is 12.6. The molecule has 0 amide bonds. The molecule has 4 unspecified atom stereocenters. The summed E-state index contributed by atoms with van der Waals surface area (Å²) >= 11 is 0. The molecule has 3 aliphatic carbocycles. The molecule has 0 aliphatic heterocycles. The summed E-state index contributed by atoms with van der Waals surface area (Å²) < 4.78 is 0. The van der Waals surface area contributed by atoms with Gasteiger partial charge in [-0.1, -0.05) is 36.4 Å². The van der Waals surface area contributed by atoms with Crippen LogP contribution in [0, 0.1) is 36.5 Å². The highest BCUT2D eigenvalue weighted by Gasteiger charge is 2.67. The molecule has 19 heavy (non-hydrogen) atoms. The van der Waals surface area contributed by atoms with Gasteiger partial charge in [-0.3, -0.25) is 4.79 Å². The van der Waals surface area contributed by atoms with Crippen molar-refractivity contribution in [1.82, 2.24) is 0 Å². The molecule has 1 heteroatoms. The predicted octanol–water partition coefficient (Wildman–Crippen LogP) is 3.87. The van der Waals surface area contributed by atoms with E-state index in [4.69, 9.17) is 0 Å². The zero-order valence-corrected chi connectivity index (χ0v) is 11.4. The van der Waals surface area contributed by atoms with Gasteiger partial charge in [0.2, 0.25) is 0 Å². The Labute approximate surface area is 114 Å². The van der Waals surface area contributed by atoms with Crippen LogP contribution in [0.1, 0.15) is 30.4 Å². The van der Waals surface area contributed by atoms with Crippen molar-refractivity contribution in [2.24, 2.45) is 29.6 Å². The lowest BCUT2D eigenvalue weighted by Crippen LogP contribution is -2.11. The first-order valence-corrected chi connectivity index (χ1v) is 7.47. The highest BCUT2D eigenvalue weighted by atomic mass is 16.1. The molecule has 1 aromatic rings. The van der Waals surface area contributed by atoms with Crippen LogP contribution in [0.15, 0.2) is 30.8 Å². The monoisotopic (exact) mass is 252 g/mol. The van der Waals surface area contributed by atoms with Crippen molar-refractivity contribution in [1.29, 1.82) is 0 Å². The van der Waals surface area contributed by atoms with E-state index in [9.17, 15) is 4.79 Å². The lowest BCUT2D eigenvalue weighted by atomic mass is 9.93. The summed E-state index contributed by atoms with van der Waals surface area (Å²) in [6.45, 7) is 6.13. The van der Waals surface area contributed by atoms with E-state index in [1.54, 1.807) is 0 Å². The average Bonchev–Trinajstić information content (AvgIpc) is 2.85. The summed E-state index contributed by atoms with van der Waals surface area (Å²) in [6, 6.07) is 8.18. The van der Waals surface area contributed by atoms with Crippen molar-refractivity contribution >= 4 is 11.4 Å². The zero-order valence-electron chi connectivity index (χ0n) is 11.4. The molecule has 4 atom stereocenters. The second-order valence-electron chi connectivity index (χ2n) is 6.72. The highest BCUT2D eigenvalue weighted by Crippen LogP contribution is 2.70. The average molecular weight is 252 g/mol. The van der Waals surface area contributed by atoms with E-state index in [2.05, 4.69) is 25.6 Å². The minimum absolute atomic E-state index is 0.319. The van der Waals surface area contributed by atoms with E-state index < -0.39 is 0 Å².